The second kappa shape index (κ2) is 10.5. The van der Waals surface area contributed by atoms with Crippen LogP contribution in [0.1, 0.15) is 19.8 Å². The molecule has 0 bridgehead atoms. The summed E-state index contributed by atoms with van der Waals surface area (Å²) in [6.45, 7) is 6.10. The molecule has 0 saturated heterocycles. The van der Waals surface area contributed by atoms with Crippen molar-refractivity contribution >= 4 is 27.5 Å². The zero-order valence-corrected chi connectivity index (χ0v) is 13.6. The summed E-state index contributed by atoms with van der Waals surface area (Å²) in [5, 5.41) is 3.96. The van der Waals surface area contributed by atoms with Crippen molar-refractivity contribution in [2.45, 2.75) is 19.8 Å². The number of benzene rings is 1. The van der Waals surface area contributed by atoms with Crippen LogP contribution in [0.5, 0.6) is 5.75 Å². The normalized spacial score (nSPS) is 10.7. The second-order valence-electron chi connectivity index (χ2n) is 4.08. The van der Waals surface area contributed by atoms with Crippen molar-refractivity contribution in [1.29, 1.82) is 0 Å². The Morgan fingerprint density at radius 1 is 1.21 bits per heavy atom. The molecule has 0 heterocycles. The van der Waals surface area contributed by atoms with Gasteiger partial charge in [0.1, 0.15) is 12.4 Å². The third kappa shape index (κ3) is 7.78. The van der Waals surface area contributed by atoms with Crippen LogP contribution in [-0.2, 0) is 4.74 Å². The van der Waals surface area contributed by atoms with E-state index in [0.717, 1.165) is 49.4 Å². The van der Waals surface area contributed by atoms with E-state index in [-0.39, 0.29) is 0 Å². The van der Waals surface area contributed by atoms with Gasteiger partial charge < -0.3 is 14.8 Å². The van der Waals surface area contributed by atoms with E-state index in [2.05, 4.69) is 21.2 Å². The molecule has 0 amide bonds. The molecule has 0 aliphatic carbocycles. The molecule has 1 N–H and O–H groups in total. The van der Waals surface area contributed by atoms with E-state index in [1.54, 1.807) is 0 Å². The van der Waals surface area contributed by atoms with Crippen molar-refractivity contribution in [2.75, 3.05) is 32.9 Å². The fourth-order valence-corrected chi connectivity index (χ4v) is 2.28. The van der Waals surface area contributed by atoms with Crippen LogP contribution >= 0.6 is 27.5 Å². The monoisotopic (exact) mass is 349 g/mol. The molecule has 0 unspecified atom stereocenters. The smallest absolute Gasteiger partial charge is 0.138 e. The molecule has 0 aromatic heterocycles. The van der Waals surface area contributed by atoms with E-state index in [0.29, 0.717) is 11.6 Å². The Morgan fingerprint density at radius 3 is 2.79 bits per heavy atom. The number of hydrogen-bond acceptors (Lipinski definition) is 3. The summed E-state index contributed by atoms with van der Waals surface area (Å²) in [5.41, 5.74) is 0. The molecule has 19 heavy (non-hydrogen) atoms. The van der Waals surface area contributed by atoms with Crippen LogP contribution in [0.15, 0.2) is 22.7 Å². The minimum absolute atomic E-state index is 0.618. The average molecular weight is 351 g/mol. The van der Waals surface area contributed by atoms with Crippen molar-refractivity contribution in [2.24, 2.45) is 0 Å². The van der Waals surface area contributed by atoms with Gasteiger partial charge in [-0.25, -0.2) is 0 Å². The molecular weight excluding hydrogens is 330 g/mol. The third-order valence-corrected chi connectivity index (χ3v) is 3.32. The molecule has 0 fully saturated rings. The van der Waals surface area contributed by atoms with Gasteiger partial charge in [-0.2, -0.15) is 0 Å². The molecule has 0 spiro atoms. The minimum atomic E-state index is 0.618. The maximum absolute atomic E-state index is 6.05. The summed E-state index contributed by atoms with van der Waals surface area (Å²) in [6, 6.07) is 5.62. The lowest BCUT2D eigenvalue weighted by molar-refractivity contribution is 0.143. The van der Waals surface area contributed by atoms with Gasteiger partial charge in [-0.15, -0.1) is 0 Å². The maximum atomic E-state index is 6.05. The quantitative estimate of drug-likeness (QED) is 0.649. The summed E-state index contributed by atoms with van der Waals surface area (Å²) < 4.78 is 11.8. The number of halogens is 2. The van der Waals surface area contributed by atoms with Gasteiger partial charge >= 0.3 is 0 Å². The van der Waals surface area contributed by atoms with Gasteiger partial charge in [0.2, 0.25) is 0 Å². The van der Waals surface area contributed by atoms with E-state index in [9.17, 15) is 0 Å². The van der Waals surface area contributed by atoms with Crippen LogP contribution in [0.3, 0.4) is 0 Å². The predicted octanol–water partition coefficient (Wildman–Crippen LogP) is 3.89. The molecule has 5 heteroatoms. The van der Waals surface area contributed by atoms with Gasteiger partial charge in [-0.1, -0.05) is 27.5 Å². The summed E-state index contributed by atoms with van der Waals surface area (Å²) in [5.74, 6) is 0.725. The largest absolute Gasteiger partial charge is 0.491 e. The Balaban J connectivity index is 2.01. The first-order valence-corrected chi connectivity index (χ1v) is 7.77. The van der Waals surface area contributed by atoms with Crippen molar-refractivity contribution in [3.63, 3.8) is 0 Å². The molecule has 1 rings (SSSR count). The fraction of sp³-hybridized carbons (Fsp3) is 0.571. The van der Waals surface area contributed by atoms with E-state index >= 15 is 0 Å². The van der Waals surface area contributed by atoms with Gasteiger partial charge in [0.15, 0.2) is 0 Å². The van der Waals surface area contributed by atoms with Gasteiger partial charge in [-0.05, 0) is 44.5 Å². The number of nitrogens with one attached hydrogen (secondary N) is 1. The van der Waals surface area contributed by atoms with Crippen LogP contribution in [0.4, 0.5) is 0 Å². The summed E-state index contributed by atoms with van der Waals surface area (Å²) in [6.07, 6.45) is 2.22. The maximum Gasteiger partial charge on any atom is 0.138 e. The fourth-order valence-electron chi connectivity index (χ4n) is 1.55. The highest BCUT2D eigenvalue weighted by Crippen LogP contribution is 2.27. The van der Waals surface area contributed by atoms with E-state index < -0.39 is 0 Å². The Morgan fingerprint density at radius 2 is 2.05 bits per heavy atom. The first-order chi connectivity index (χ1) is 9.24. The highest BCUT2D eigenvalue weighted by molar-refractivity contribution is 9.10. The standard InChI is InChI=1S/C14H21BrClNO2/c1-2-18-9-4-3-7-17-8-10-19-14-6-5-12(15)11-13(14)16/h5-6,11,17H,2-4,7-10H2,1H3. The Hall–Kier alpha value is -0.290. The zero-order chi connectivity index (χ0) is 13.9. The van der Waals surface area contributed by atoms with E-state index in [1.807, 2.05) is 25.1 Å². The zero-order valence-electron chi connectivity index (χ0n) is 11.3. The highest BCUT2D eigenvalue weighted by Gasteiger charge is 2.01. The number of ether oxygens (including phenoxy) is 2. The molecule has 1 aromatic rings. The van der Waals surface area contributed by atoms with Crippen molar-refractivity contribution in [3.8, 4) is 5.75 Å². The van der Waals surface area contributed by atoms with Crippen LogP contribution in [0, 0.1) is 0 Å². The number of rotatable bonds is 10. The summed E-state index contributed by atoms with van der Waals surface area (Å²) in [4.78, 5) is 0. The summed E-state index contributed by atoms with van der Waals surface area (Å²) in [7, 11) is 0. The Bertz CT molecular complexity index is 363. The molecular formula is C14H21BrClNO2. The third-order valence-electron chi connectivity index (χ3n) is 2.53. The first kappa shape index (κ1) is 16.8. The molecule has 0 aliphatic rings. The van der Waals surface area contributed by atoms with Crippen LogP contribution in [-0.4, -0.2) is 32.9 Å². The Kier molecular flexibility index (Phi) is 9.26. The van der Waals surface area contributed by atoms with Gasteiger partial charge in [0.05, 0.1) is 5.02 Å². The lowest BCUT2D eigenvalue weighted by Crippen LogP contribution is -2.22. The number of hydrogen-bond donors (Lipinski definition) is 1. The molecule has 0 atom stereocenters. The van der Waals surface area contributed by atoms with Crippen LogP contribution < -0.4 is 10.1 Å². The minimum Gasteiger partial charge on any atom is -0.491 e. The first-order valence-electron chi connectivity index (χ1n) is 6.60. The van der Waals surface area contributed by atoms with Crippen LogP contribution in [0.25, 0.3) is 0 Å². The van der Waals surface area contributed by atoms with Crippen molar-refractivity contribution in [1.82, 2.24) is 5.32 Å². The lowest BCUT2D eigenvalue weighted by atomic mass is 10.3. The highest BCUT2D eigenvalue weighted by atomic mass is 79.9. The average Bonchev–Trinajstić information content (AvgIpc) is 2.39. The number of unbranched alkanes of at least 4 members (excludes halogenated alkanes) is 1. The van der Waals surface area contributed by atoms with Crippen molar-refractivity contribution < 1.29 is 9.47 Å². The van der Waals surface area contributed by atoms with E-state index in [4.69, 9.17) is 21.1 Å². The predicted molar refractivity (Wildman–Crippen MR) is 83.2 cm³/mol. The van der Waals surface area contributed by atoms with Gasteiger partial charge in [0.25, 0.3) is 0 Å². The molecule has 1 aromatic carbocycles. The topological polar surface area (TPSA) is 30.5 Å². The molecule has 3 nitrogen and oxygen atoms in total. The molecule has 108 valence electrons. The molecule has 0 radical (unpaired) electrons. The second-order valence-corrected chi connectivity index (χ2v) is 5.40. The van der Waals surface area contributed by atoms with Crippen molar-refractivity contribution in [3.05, 3.63) is 27.7 Å². The van der Waals surface area contributed by atoms with E-state index in [1.165, 1.54) is 0 Å². The van der Waals surface area contributed by atoms with Gasteiger partial charge in [0, 0.05) is 24.2 Å². The van der Waals surface area contributed by atoms with Crippen LogP contribution in [0.2, 0.25) is 5.02 Å². The SMILES string of the molecule is CCOCCCCNCCOc1ccc(Br)cc1Cl. The summed E-state index contributed by atoms with van der Waals surface area (Å²) >= 11 is 9.41. The molecule has 0 aliphatic heterocycles. The van der Waals surface area contributed by atoms with Gasteiger partial charge in [-0.3, -0.25) is 0 Å². The lowest BCUT2D eigenvalue weighted by Gasteiger charge is -2.09. The molecule has 0 saturated carbocycles. The Labute approximate surface area is 128 Å².